The summed E-state index contributed by atoms with van der Waals surface area (Å²) in [6, 6.07) is 1.63. The molecule has 0 aromatic heterocycles. The Kier molecular flexibility index (Phi) is 3.27. The summed E-state index contributed by atoms with van der Waals surface area (Å²) in [6.07, 6.45) is 9.52. The second kappa shape index (κ2) is 5.21. The van der Waals surface area contributed by atoms with Crippen LogP contribution in [0.2, 0.25) is 0 Å². The topological polar surface area (TPSA) is 46.5 Å². The highest BCUT2D eigenvalue weighted by molar-refractivity contribution is 5.89. The van der Waals surface area contributed by atoms with E-state index in [1.54, 1.807) is 6.07 Å². The second-order valence-corrected chi connectivity index (χ2v) is 9.01. The van der Waals surface area contributed by atoms with Crippen molar-refractivity contribution in [2.24, 2.45) is 17.8 Å². The Hall–Kier alpha value is -1.58. The van der Waals surface area contributed by atoms with Crippen molar-refractivity contribution >= 4 is 5.97 Å². The second-order valence-electron chi connectivity index (χ2n) is 9.01. The number of benzene rings is 1. The van der Waals surface area contributed by atoms with Gasteiger partial charge < -0.3 is 9.84 Å². The molecule has 6 rings (SSSR count). The van der Waals surface area contributed by atoms with E-state index < -0.39 is 11.8 Å². The van der Waals surface area contributed by atoms with Crippen LogP contribution in [0.15, 0.2) is 6.07 Å². The fraction of sp³-hybridized carbons (Fsp3) is 0.667. The first kappa shape index (κ1) is 15.7. The van der Waals surface area contributed by atoms with Crippen molar-refractivity contribution in [2.45, 2.75) is 62.7 Å². The Morgan fingerprint density at radius 3 is 2.16 bits per heavy atom. The maximum Gasteiger partial charge on any atom is 0.338 e. The lowest BCUT2D eigenvalue weighted by Gasteiger charge is -2.57. The minimum atomic E-state index is -1.20. The minimum Gasteiger partial charge on any atom is -0.493 e. The molecular formula is C21H25FO3. The van der Waals surface area contributed by atoms with E-state index in [9.17, 15) is 9.90 Å². The predicted molar refractivity (Wildman–Crippen MR) is 91.7 cm³/mol. The molecule has 1 N–H and O–H groups in total. The molecule has 4 bridgehead atoms. The molecule has 0 heterocycles. The highest BCUT2D eigenvalue weighted by Crippen LogP contribution is 2.64. The van der Waals surface area contributed by atoms with Crippen LogP contribution in [0.5, 0.6) is 5.75 Å². The number of hydrogen-bond donors (Lipinski definition) is 1. The molecule has 0 amide bonds. The lowest BCUT2D eigenvalue weighted by molar-refractivity contribution is -0.00683. The van der Waals surface area contributed by atoms with E-state index >= 15 is 4.39 Å². The molecule has 0 unspecified atom stereocenters. The molecule has 0 radical (unpaired) electrons. The van der Waals surface area contributed by atoms with Crippen LogP contribution in [0, 0.1) is 23.6 Å². The van der Waals surface area contributed by atoms with Crippen LogP contribution in [0.25, 0.3) is 0 Å². The molecule has 4 heteroatoms. The van der Waals surface area contributed by atoms with Gasteiger partial charge in [-0.25, -0.2) is 9.18 Å². The van der Waals surface area contributed by atoms with Gasteiger partial charge in [-0.3, -0.25) is 0 Å². The number of carboxylic acid groups (broad SMARTS) is 1. The number of halogens is 1. The lowest BCUT2D eigenvalue weighted by atomic mass is 9.47. The molecule has 3 nitrogen and oxygen atoms in total. The summed E-state index contributed by atoms with van der Waals surface area (Å²) < 4.78 is 20.6. The van der Waals surface area contributed by atoms with Gasteiger partial charge in [-0.2, -0.15) is 0 Å². The van der Waals surface area contributed by atoms with Crippen molar-refractivity contribution in [3.05, 3.63) is 28.6 Å². The normalized spacial score (nSPS) is 35.8. The zero-order valence-electron chi connectivity index (χ0n) is 14.7. The number of hydrogen-bond acceptors (Lipinski definition) is 2. The van der Waals surface area contributed by atoms with Crippen LogP contribution in [0.1, 0.15) is 78.8 Å². The molecule has 0 spiro atoms. The number of rotatable bonds is 4. The smallest absolute Gasteiger partial charge is 0.338 e. The molecule has 134 valence electrons. The van der Waals surface area contributed by atoms with Gasteiger partial charge in [0.05, 0.1) is 12.7 Å². The van der Waals surface area contributed by atoms with Gasteiger partial charge in [0.25, 0.3) is 0 Å². The first-order valence-electron chi connectivity index (χ1n) is 9.65. The summed E-state index contributed by atoms with van der Waals surface area (Å²) in [5.74, 6) is 1.000. The van der Waals surface area contributed by atoms with Crippen molar-refractivity contribution < 1.29 is 19.0 Å². The van der Waals surface area contributed by atoms with E-state index in [0.717, 1.165) is 61.0 Å². The fourth-order valence-corrected chi connectivity index (χ4v) is 6.68. The van der Waals surface area contributed by atoms with Crippen molar-refractivity contribution in [3.63, 3.8) is 0 Å². The highest BCUT2D eigenvalue weighted by Gasteiger charge is 2.54. The standard InChI is InChI=1S/C21H25FO3/c1-25-19-17(15(14-2-3-14)7-16(18(19)22)20(23)24)21-8-11-4-12(9-21)6-13(5-11)10-21/h7,11-14H,2-6,8-10H2,1H3,(H,23,24). The number of carbonyl (C=O) groups is 1. The first-order valence-corrected chi connectivity index (χ1v) is 9.65. The summed E-state index contributed by atoms with van der Waals surface area (Å²) in [7, 11) is 1.49. The third-order valence-corrected chi connectivity index (χ3v) is 7.27. The quantitative estimate of drug-likeness (QED) is 0.847. The Balaban J connectivity index is 1.73. The van der Waals surface area contributed by atoms with Gasteiger partial charge >= 0.3 is 5.97 Å². The number of carboxylic acids is 1. The monoisotopic (exact) mass is 344 g/mol. The zero-order chi connectivity index (χ0) is 17.3. The van der Waals surface area contributed by atoms with Gasteiger partial charge in [0.1, 0.15) is 0 Å². The summed E-state index contributed by atoms with van der Waals surface area (Å²) >= 11 is 0. The Labute approximate surface area is 147 Å². The van der Waals surface area contributed by atoms with Gasteiger partial charge in [0.2, 0.25) is 0 Å². The zero-order valence-corrected chi connectivity index (χ0v) is 14.7. The minimum absolute atomic E-state index is 0.00981. The summed E-state index contributed by atoms with van der Waals surface area (Å²) in [4.78, 5) is 11.5. The van der Waals surface area contributed by atoms with Crippen LogP contribution in [-0.4, -0.2) is 18.2 Å². The third kappa shape index (κ3) is 2.25. The van der Waals surface area contributed by atoms with Gasteiger partial charge in [0, 0.05) is 11.0 Å². The molecule has 5 saturated carbocycles. The van der Waals surface area contributed by atoms with E-state index in [-0.39, 0.29) is 16.7 Å². The largest absolute Gasteiger partial charge is 0.493 e. The molecule has 0 aliphatic heterocycles. The lowest BCUT2D eigenvalue weighted by Crippen LogP contribution is -2.49. The molecule has 1 aromatic rings. The van der Waals surface area contributed by atoms with E-state index in [0.29, 0.717) is 5.92 Å². The van der Waals surface area contributed by atoms with Crippen molar-refractivity contribution in [3.8, 4) is 5.75 Å². The molecule has 0 atom stereocenters. The SMILES string of the molecule is COc1c(F)c(C(=O)O)cc(C2CC2)c1C12CC3CC(CC(C3)C1)C2. The highest BCUT2D eigenvalue weighted by atomic mass is 19.1. The predicted octanol–water partition coefficient (Wildman–Crippen LogP) is 4.88. The van der Waals surface area contributed by atoms with Crippen molar-refractivity contribution in [1.29, 1.82) is 0 Å². The van der Waals surface area contributed by atoms with E-state index in [1.807, 2.05) is 0 Å². The molecule has 1 aromatic carbocycles. The Morgan fingerprint density at radius 2 is 1.72 bits per heavy atom. The van der Waals surface area contributed by atoms with Crippen LogP contribution in [-0.2, 0) is 5.41 Å². The number of methoxy groups -OCH3 is 1. The average Bonchev–Trinajstić information content (AvgIpc) is 3.37. The summed E-state index contributed by atoms with van der Waals surface area (Å²) in [5, 5.41) is 9.44. The maximum absolute atomic E-state index is 15.0. The summed E-state index contributed by atoms with van der Waals surface area (Å²) in [5.41, 5.74) is 1.89. The van der Waals surface area contributed by atoms with Crippen LogP contribution >= 0.6 is 0 Å². The average molecular weight is 344 g/mol. The molecular weight excluding hydrogens is 319 g/mol. The van der Waals surface area contributed by atoms with E-state index in [2.05, 4.69) is 0 Å². The molecule has 5 fully saturated rings. The van der Waals surface area contributed by atoms with Crippen LogP contribution in [0.4, 0.5) is 4.39 Å². The van der Waals surface area contributed by atoms with E-state index in [1.165, 1.54) is 26.4 Å². The fourth-order valence-electron chi connectivity index (χ4n) is 6.68. The molecule has 25 heavy (non-hydrogen) atoms. The van der Waals surface area contributed by atoms with Gasteiger partial charge in [0.15, 0.2) is 11.6 Å². The molecule has 5 aliphatic rings. The molecule has 0 saturated heterocycles. The van der Waals surface area contributed by atoms with Crippen molar-refractivity contribution in [1.82, 2.24) is 0 Å². The number of aromatic carboxylic acids is 1. The number of ether oxygens (including phenoxy) is 1. The molecule has 5 aliphatic carbocycles. The van der Waals surface area contributed by atoms with Gasteiger partial charge in [-0.1, -0.05) is 0 Å². The van der Waals surface area contributed by atoms with Crippen molar-refractivity contribution in [2.75, 3.05) is 7.11 Å². The van der Waals surface area contributed by atoms with E-state index in [4.69, 9.17) is 4.74 Å². The van der Waals surface area contributed by atoms with Gasteiger partial charge in [-0.05, 0) is 86.7 Å². The summed E-state index contributed by atoms with van der Waals surface area (Å²) in [6.45, 7) is 0. The van der Waals surface area contributed by atoms with Gasteiger partial charge in [-0.15, -0.1) is 0 Å². The van der Waals surface area contributed by atoms with Crippen LogP contribution < -0.4 is 4.74 Å². The maximum atomic E-state index is 15.0. The Bertz CT molecular complexity index is 715. The van der Waals surface area contributed by atoms with Crippen LogP contribution in [0.3, 0.4) is 0 Å². The third-order valence-electron chi connectivity index (χ3n) is 7.27. The first-order chi connectivity index (χ1) is 12.0. The Morgan fingerprint density at radius 1 is 1.16 bits per heavy atom.